The van der Waals surface area contributed by atoms with Gasteiger partial charge in [-0.1, -0.05) is 77.2 Å². The average Bonchev–Trinajstić information content (AvgIpc) is 3.69. The number of hydrogen-bond donors (Lipinski definition) is 2. The van der Waals surface area contributed by atoms with Gasteiger partial charge in [0, 0.05) is 27.4 Å². The largest absolute Gasteiger partial charge is 0.455 e. The molecule has 2 N–H and O–H groups in total. The number of carbonyl (C=O) groups excluding carboxylic acids is 3. The zero-order chi connectivity index (χ0) is 33.0. The summed E-state index contributed by atoms with van der Waals surface area (Å²) in [4.78, 5) is 39.4. The van der Waals surface area contributed by atoms with Gasteiger partial charge in [0.1, 0.15) is 5.75 Å². The van der Waals surface area contributed by atoms with E-state index in [-0.39, 0.29) is 17.4 Å². The molecule has 48 heavy (non-hydrogen) atoms. The van der Waals surface area contributed by atoms with E-state index >= 15 is 0 Å². The first-order valence-corrected chi connectivity index (χ1v) is 16.8. The Labute approximate surface area is 287 Å². The first-order valence-electron chi connectivity index (χ1n) is 14.7. The maximum absolute atomic E-state index is 13.2. The number of ether oxygens (including phenoxy) is 1. The normalized spacial score (nSPS) is 11.0. The standard InChI is InChI=1S/C36H24ClN5O4S2/c37-25-14-19-30(46-27-17-12-23(13-18-27)33(44)22-6-2-1-3-7-22)28(20-25)39-34(45)24-10-15-26(16-11-24)38-32(43)21-47-35-40-41-36-42(35)29-8-4-5-9-31(29)48-36/h1-20H,21H2,(H,38,43)(H,39,45). The molecule has 0 spiro atoms. The molecule has 7 aromatic rings. The summed E-state index contributed by atoms with van der Waals surface area (Å²) in [6, 6.07) is 35.2. The van der Waals surface area contributed by atoms with Gasteiger partial charge in [0.05, 0.1) is 21.7 Å². The van der Waals surface area contributed by atoms with E-state index < -0.39 is 5.91 Å². The second kappa shape index (κ2) is 13.7. The van der Waals surface area contributed by atoms with Crippen LogP contribution in [0.5, 0.6) is 11.5 Å². The number of anilines is 2. The van der Waals surface area contributed by atoms with Crippen LogP contribution in [0.25, 0.3) is 15.2 Å². The van der Waals surface area contributed by atoms with Crippen molar-refractivity contribution in [2.75, 3.05) is 16.4 Å². The zero-order valence-corrected chi connectivity index (χ0v) is 27.3. The minimum absolute atomic E-state index is 0.0911. The number of fused-ring (bicyclic) bond motifs is 3. The molecule has 0 atom stereocenters. The third-order valence-corrected chi connectivity index (χ3v) is 9.42. The fourth-order valence-corrected chi connectivity index (χ4v) is 6.86. The number of aromatic nitrogens is 3. The SMILES string of the molecule is O=C(CSc1nnc2sc3ccccc3n12)Nc1ccc(C(=O)Nc2cc(Cl)ccc2Oc2ccc(C(=O)c3ccccc3)cc2)cc1. The molecule has 0 aliphatic heterocycles. The van der Waals surface area contributed by atoms with Crippen molar-refractivity contribution >= 4 is 78.8 Å². The van der Waals surface area contributed by atoms with Crippen molar-refractivity contribution in [2.24, 2.45) is 0 Å². The van der Waals surface area contributed by atoms with Gasteiger partial charge in [-0.3, -0.25) is 18.8 Å². The van der Waals surface area contributed by atoms with E-state index in [0.717, 1.165) is 15.2 Å². The number of thioether (sulfide) groups is 1. The Balaban J connectivity index is 0.969. The summed E-state index contributed by atoms with van der Waals surface area (Å²) in [7, 11) is 0. The van der Waals surface area contributed by atoms with E-state index in [4.69, 9.17) is 16.3 Å². The van der Waals surface area contributed by atoms with Crippen molar-refractivity contribution in [3.05, 3.63) is 143 Å². The second-order valence-corrected chi connectivity index (χ2v) is 12.9. The minimum Gasteiger partial charge on any atom is -0.455 e. The highest BCUT2D eigenvalue weighted by Gasteiger charge is 2.16. The van der Waals surface area contributed by atoms with Gasteiger partial charge in [-0.2, -0.15) is 0 Å². The molecule has 12 heteroatoms. The Morgan fingerprint density at radius 3 is 2.27 bits per heavy atom. The van der Waals surface area contributed by atoms with E-state index in [1.165, 1.54) is 11.8 Å². The van der Waals surface area contributed by atoms with Gasteiger partial charge in [-0.25, -0.2) is 0 Å². The van der Waals surface area contributed by atoms with Crippen LogP contribution >= 0.6 is 34.7 Å². The molecule has 0 radical (unpaired) electrons. The highest BCUT2D eigenvalue weighted by molar-refractivity contribution is 7.99. The number of carbonyl (C=O) groups is 3. The predicted octanol–water partition coefficient (Wildman–Crippen LogP) is 8.60. The molecule has 0 aliphatic rings. The number of nitrogens with one attached hydrogen (secondary N) is 2. The van der Waals surface area contributed by atoms with E-state index in [2.05, 4.69) is 20.8 Å². The Morgan fingerprint density at radius 1 is 0.771 bits per heavy atom. The summed E-state index contributed by atoms with van der Waals surface area (Å²) >= 11 is 9.09. The van der Waals surface area contributed by atoms with Crippen LogP contribution in [0.15, 0.2) is 126 Å². The summed E-state index contributed by atoms with van der Waals surface area (Å²) in [5.41, 5.74) is 3.41. The molecule has 0 saturated heterocycles. The van der Waals surface area contributed by atoms with Gasteiger partial charge in [-0.05, 0) is 78.9 Å². The molecular formula is C36H24ClN5O4S2. The summed E-state index contributed by atoms with van der Waals surface area (Å²) in [6.07, 6.45) is 0. The van der Waals surface area contributed by atoms with Crippen LogP contribution in [-0.2, 0) is 4.79 Å². The Kier molecular flexibility index (Phi) is 8.89. The quantitative estimate of drug-likeness (QED) is 0.109. The van der Waals surface area contributed by atoms with Crippen LogP contribution in [0.3, 0.4) is 0 Å². The van der Waals surface area contributed by atoms with Crippen molar-refractivity contribution in [1.29, 1.82) is 0 Å². The number of thiazole rings is 1. The Hall–Kier alpha value is -5.49. The fourth-order valence-electron chi connectivity index (χ4n) is 4.92. The van der Waals surface area contributed by atoms with Crippen LogP contribution in [0.4, 0.5) is 11.4 Å². The molecule has 0 aliphatic carbocycles. The number of ketones is 1. The molecule has 9 nitrogen and oxygen atoms in total. The highest BCUT2D eigenvalue weighted by Crippen LogP contribution is 2.33. The summed E-state index contributed by atoms with van der Waals surface area (Å²) < 4.78 is 9.10. The third kappa shape index (κ3) is 6.79. The molecule has 2 aromatic heterocycles. The number of nitrogens with zero attached hydrogens (tertiary/aromatic N) is 3. The number of para-hydroxylation sites is 1. The van der Waals surface area contributed by atoms with E-state index in [1.807, 2.05) is 46.9 Å². The lowest BCUT2D eigenvalue weighted by atomic mass is 10.0. The molecule has 0 unspecified atom stereocenters. The zero-order valence-electron chi connectivity index (χ0n) is 24.9. The molecule has 0 bridgehead atoms. The Bertz CT molecular complexity index is 2290. The Morgan fingerprint density at radius 2 is 1.48 bits per heavy atom. The van der Waals surface area contributed by atoms with E-state index in [1.54, 1.807) is 90.2 Å². The molecule has 7 rings (SSSR count). The van der Waals surface area contributed by atoms with Gasteiger partial charge in [0.25, 0.3) is 5.91 Å². The lowest BCUT2D eigenvalue weighted by Crippen LogP contribution is -2.15. The van der Waals surface area contributed by atoms with Gasteiger partial charge < -0.3 is 15.4 Å². The topological polar surface area (TPSA) is 115 Å². The van der Waals surface area contributed by atoms with Crippen molar-refractivity contribution in [2.45, 2.75) is 5.16 Å². The van der Waals surface area contributed by atoms with E-state index in [9.17, 15) is 14.4 Å². The number of halogens is 1. The second-order valence-electron chi connectivity index (χ2n) is 10.5. The maximum Gasteiger partial charge on any atom is 0.255 e. The summed E-state index contributed by atoms with van der Waals surface area (Å²) in [5, 5.41) is 15.2. The molecule has 236 valence electrons. The fraction of sp³-hybridized carbons (Fsp3) is 0.0278. The lowest BCUT2D eigenvalue weighted by molar-refractivity contribution is -0.113. The van der Waals surface area contributed by atoms with Crippen LogP contribution in [0.1, 0.15) is 26.3 Å². The predicted molar refractivity (Wildman–Crippen MR) is 190 cm³/mol. The van der Waals surface area contributed by atoms with Gasteiger partial charge in [-0.15, -0.1) is 10.2 Å². The smallest absolute Gasteiger partial charge is 0.255 e. The number of hydrogen-bond acceptors (Lipinski definition) is 8. The van der Waals surface area contributed by atoms with Gasteiger partial charge >= 0.3 is 0 Å². The first kappa shape index (κ1) is 31.1. The number of rotatable bonds is 10. The lowest BCUT2D eigenvalue weighted by Gasteiger charge is -2.13. The monoisotopic (exact) mass is 689 g/mol. The molecular weight excluding hydrogens is 666 g/mol. The van der Waals surface area contributed by atoms with Crippen molar-refractivity contribution in [3.63, 3.8) is 0 Å². The average molecular weight is 690 g/mol. The number of benzene rings is 5. The van der Waals surface area contributed by atoms with E-state index in [0.29, 0.717) is 49.7 Å². The van der Waals surface area contributed by atoms with Crippen molar-refractivity contribution < 1.29 is 19.1 Å². The van der Waals surface area contributed by atoms with Crippen molar-refractivity contribution in [3.8, 4) is 11.5 Å². The van der Waals surface area contributed by atoms with Crippen molar-refractivity contribution in [1.82, 2.24) is 14.6 Å². The highest BCUT2D eigenvalue weighted by atomic mass is 35.5. The molecule has 2 heterocycles. The van der Waals surface area contributed by atoms with Gasteiger partial charge in [0.2, 0.25) is 10.9 Å². The third-order valence-electron chi connectivity index (χ3n) is 7.24. The van der Waals surface area contributed by atoms with Crippen LogP contribution < -0.4 is 15.4 Å². The molecule has 2 amide bonds. The number of amides is 2. The minimum atomic E-state index is -0.391. The van der Waals surface area contributed by atoms with Gasteiger partial charge in [0.15, 0.2) is 16.7 Å². The summed E-state index contributed by atoms with van der Waals surface area (Å²) in [5.74, 6) is 0.289. The van der Waals surface area contributed by atoms with Crippen LogP contribution in [-0.4, -0.2) is 37.9 Å². The molecule has 0 saturated carbocycles. The summed E-state index contributed by atoms with van der Waals surface area (Å²) in [6.45, 7) is 0. The molecule has 5 aromatic carbocycles. The first-order chi connectivity index (χ1) is 23.4. The van der Waals surface area contributed by atoms with Crippen LogP contribution in [0.2, 0.25) is 5.02 Å². The maximum atomic E-state index is 13.2. The molecule has 0 fully saturated rings. The van der Waals surface area contributed by atoms with Crippen LogP contribution in [0, 0.1) is 0 Å².